The molecule has 0 saturated heterocycles. The Morgan fingerprint density at radius 3 is 2.82 bits per heavy atom. The van der Waals surface area contributed by atoms with Crippen molar-refractivity contribution in [3.8, 4) is 0 Å². The maximum Gasteiger partial charge on any atom is 0.0962 e. The summed E-state index contributed by atoms with van der Waals surface area (Å²) in [7, 11) is 0. The summed E-state index contributed by atoms with van der Waals surface area (Å²) in [6, 6.07) is 0.131. The molecule has 1 saturated carbocycles. The molecule has 0 radical (unpaired) electrons. The van der Waals surface area contributed by atoms with E-state index in [2.05, 4.69) is 20.8 Å². The minimum Gasteiger partial charge on any atom is -0.323 e. The summed E-state index contributed by atoms with van der Waals surface area (Å²) in [5, 5.41) is 1.34. The molecule has 3 heteroatoms. The van der Waals surface area contributed by atoms with Gasteiger partial charge in [-0.15, -0.1) is 11.3 Å². The predicted molar refractivity (Wildman–Crippen MR) is 74.4 cm³/mol. The Kier molecular flexibility index (Phi) is 4.21. The van der Waals surface area contributed by atoms with Gasteiger partial charge in [0.1, 0.15) is 0 Å². The van der Waals surface area contributed by atoms with Crippen molar-refractivity contribution in [1.29, 1.82) is 0 Å². The van der Waals surface area contributed by atoms with Gasteiger partial charge in [0.15, 0.2) is 0 Å². The van der Waals surface area contributed by atoms with Crippen LogP contribution in [0.15, 0.2) is 0 Å². The molecule has 1 aromatic rings. The van der Waals surface area contributed by atoms with Crippen molar-refractivity contribution < 1.29 is 0 Å². The number of hydrogen-bond acceptors (Lipinski definition) is 3. The third kappa shape index (κ3) is 2.89. The predicted octanol–water partition coefficient (Wildman–Crippen LogP) is 4.16. The van der Waals surface area contributed by atoms with Crippen molar-refractivity contribution in [2.45, 2.75) is 64.8 Å². The second kappa shape index (κ2) is 5.49. The fraction of sp³-hybridized carbons (Fsp3) is 0.786. The lowest BCUT2D eigenvalue weighted by Crippen LogP contribution is -2.13. The lowest BCUT2D eigenvalue weighted by Gasteiger charge is -2.26. The number of aryl methyl sites for hydroxylation is 1. The van der Waals surface area contributed by atoms with Crippen LogP contribution in [0.25, 0.3) is 0 Å². The molecule has 0 spiro atoms. The van der Waals surface area contributed by atoms with Gasteiger partial charge in [0.2, 0.25) is 0 Å². The summed E-state index contributed by atoms with van der Waals surface area (Å²) in [5.74, 6) is 1.61. The summed E-state index contributed by atoms with van der Waals surface area (Å²) in [4.78, 5) is 6.04. The lowest BCUT2D eigenvalue weighted by atomic mass is 9.80. The van der Waals surface area contributed by atoms with Crippen molar-refractivity contribution >= 4 is 11.3 Å². The largest absolute Gasteiger partial charge is 0.323 e. The van der Waals surface area contributed by atoms with Gasteiger partial charge in [0.25, 0.3) is 0 Å². The highest BCUT2D eigenvalue weighted by atomic mass is 32.1. The second-order valence-corrected chi connectivity index (χ2v) is 6.49. The van der Waals surface area contributed by atoms with Crippen LogP contribution in [0, 0.1) is 12.8 Å². The summed E-state index contributed by atoms with van der Waals surface area (Å²) < 4.78 is 0. The molecule has 3 atom stereocenters. The molecule has 0 aromatic carbocycles. The molecule has 2 rings (SSSR count). The van der Waals surface area contributed by atoms with Gasteiger partial charge in [-0.3, -0.25) is 0 Å². The smallest absolute Gasteiger partial charge is 0.0962 e. The highest BCUT2D eigenvalue weighted by Crippen LogP contribution is 2.40. The first kappa shape index (κ1) is 13.0. The average Bonchev–Trinajstić information content (AvgIpc) is 2.71. The van der Waals surface area contributed by atoms with E-state index >= 15 is 0 Å². The molecule has 0 amide bonds. The van der Waals surface area contributed by atoms with Gasteiger partial charge in [0, 0.05) is 16.8 Å². The Balaban J connectivity index is 2.14. The quantitative estimate of drug-likeness (QED) is 0.877. The Bertz CT molecular complexity index is 370. The van der Waals surface area contributed by atoms with Gasteiger partial charge in [-0.05, 0) is 32.6 Å². The fourth-order valence-electron chi connectivity index (χ4n) is 2.91. The van der Waals surface area contributed by atoms with Gasteiger partial charge in [-0.2, -0.15) is 0 Å². The van der Waals surface area contributed by atoms with E-state index in [9.17, 15) is 0 Å². The summed E-state index contributed by atoms with van der Waals surface area (Å²) in [6.45, 7) is 6.46. The zero-order chi connectivity index (χ0) is 12.4. The maximum absolute atomic E-state index is 5.98. The van der Waals surface area contributed by atoms with E-state index in [1.54, 1.807) is 0 Å². The number of aromatic nitrogens is 1. The number of nitrogens with two attached hydrogens (primary N) is 1. The van der Waals surface area contributed by atoms with E-state index in [0.717, 1.165) is 11.6 Å². The number of thiazole rings is 1. The van der Waals surface area contributed by atoms with E-state index in [4.69, 9.17) is 10.7 Å². The molecule has 1 aromatic heterocycles. The lowest BCUT2D eigenvalue weighted by molar-refractivity contribution is 0.314. The molecule has 1 aliphatic rings. The monoisotopic (exact) mass is 252 g/mol. The van der Waals surface area contributed by atoms with Crippen LogP contribution >= 0.6 is 11.3 Å². The van der Waals surface area contributed by atoms with Crippen LogP contribution in [0.4, 0.5) is 0 Å². The van der Waals surface area contributed by atoms with Crippen molar-refractivity contribution in [1.82, 2.24) is 4.98 Å². The van der Waals surface area contributed by atoms with Gasteiger partial charge in [-0.1, -0.05) is 26.2 Å². The number of nitrogens with zero attached hydrogens (tertiary/aromatic N) is 1. The molecule has 0 aliphatic heterocycles. The van der Waals surface area contributed by atoms with E-state index in [1.807, 2.05) is 11.3 Å². The Morgan fingerprint density at radius 1 is 1.47 bits per heavy atom. The molecule has 2 nitrogen and oxygen atoms in total. The van der Waals surface area contributed by atoms with Crippen molar-refractivity contribution in [3.05, 3.63) is 15.6 Å². The Morgan fingerprint density at radius 2 is 2.24 bits per heavy atom. The molecule has 1 aliphatic carbocycles. The topological polar surface area (TPSA) is 38.9 Å². The van der Waals surface area contributed by atoms with Gasteiger partial charge in [-0.25, -0.2) is 4.98 Å². The van der Waals surface area contributed by atoms with Crippen LogP contribution in [-0.2, 0) is 0 Å². The third-order valence-electron chi connectivity index (χ3n) is 3.97. The second-order valence-electron chi connectivity index (χ2n) is 5.43. The first-order chi connectivity index (χ1) is 8.11. The van der Waals surface area contributed by atoms with Crippen LogP contribution in [0.3, 0.4) is 0 Å². The van der Waals surface area contributed by atoms with E-state index in [1.165, 1.54) is 42.0 Å². The van der Waals surface area contributed by atoms with Crippen LogP contribution in [-0.4, -0.2) is 4.98 Å². The summed E-state index contributed by atoms with van der Waals surface area (Å²) >= 11 is 1.85. The van der Waals surface area contributed by atoms with Gasteiger partial charge >= 0.3 is 0 Å². The van der Waals surface area contributed by atoms with Crippen molar-refractivity contribution in [3.63, 3.8) is 0 Å². The van der Waals surface area contributed by atoms with E-state index < -0.39 is 0 Å². The highest BCUT2D eigenvalue weighted by Gasteiger charge is 2.25. The number of rotatable bonds is 3. The van der Waals surface area contributed by atoms with Crippen LogP contribution in [0.1, 0.15) is 73.5 Å². The molecule has 1 fully saturated rings. The molecular weight excluding hydrogens is 228 g/mol. The SMILES string of the molecule is CCC1CCCC(c2nc(C)c(C(C)N)s2)C1. The van der Waals surface area contributed by atoms with Crippen LogP contribution < -0.4 is 5.73 Å². The normalized spacial score (nSPS) is 27.1. The molecular formula is C14H24N2S. The Labute approximate surface area is 109 Å². The van der Waals surface area contributed by atoms with Crippen molar-refractivity contribution in [2.24, 2.45) is 11.7 Å². The molecule has 1 heterocycles. The molecule has 96 valence electrons. The zero-order valence-corrected chi connectivity index (χ0v) is 12.0. The minimum atomic E-state index is 0.131. The highest BCUT2D eigenvalue weighted by molar-refractivity contribution is 7.11. The summed E-state index contributed by atoms with van der Waals surface area (Å²) in [6.07, 6.45) is 6.76. The summed E-state index contributed by atoms with van der Waals surface area (Å²) in [5.41, 5.74) is 7.13. The van der Waals surface area contributed by atoms with Gasteiger partial charge < -0.3 is 5.73 Å². The third-order valence-corrected chi connectivity index (χ3v) is 5.49. The first-order valence-corrected chi connectivity index (χ1v) is 7.66. The minimum absolute atomic E-state index is 0.131. The number of hydrogen-bond donors (Lipinski definition) is 1. The fourth-order valence-corrected chi connectivity index (χ4v) is 4.08. The maximum atomic E-state index is 5.98. The van der Waals surface area contributed by atoms with E-state index in [-0.39, 0.29) is 6.04 Å². The van der Waals surface area contributed by atoms with E-state index in [0.29, 0.717) is 5.92 Å². The van der Waals surface area contributed by atoms with Crippen LogP contribution in [0.5, 0.6) is 0 Å². The first-order valence-electron chi connectivity index (χ1n) is 6.84. The van der Waals surface area contributed by atoms with Crippen LogP contribution in [0.2, 0.25) is 0 Å². The average molecular weight is 252 g/mol. The standard InChI is InChI=1S/C14H24N2S/c1-4-11-6-5-7-12(8-11)14-16-10(3)13(17-14)9(2)15/h9,11-12H,4-8,15H2,1-3H3. The Hall–Kier alpha value is -0.410. The van der Waals surface area contributed by atoms with Crippen molar-refractivity contribution in [2.75, 3.05) is 0 Å². The molecule has 3 unspecified atom stereocenters. The molecule has 2 N–H and O–H groups in total. The molecule has 17 heavy (non-hydrogen) atoms. The zero-order valence-electron chi connectivity index (χ0n) is 11.2. The van der Waals surface area contributed by atoms with Gasteiger partial charge in [0.05, 0.1) is 10.7 Å². The molecule has 0 bridgehead atoms.